The molecule has 4 atom stereocenters. The van der Waals surface area contributed by atoms with E-state index in [1.165, 1.54) is 0 Å². The molecule has 0 rings (SSSR count). The molecule has 0 aromatic heterocycles. The third-order valence-corrected chi connectivity index (χ3v) is 4.41. The number of carbonyl (C=O) groups excluding carboxylic acids is 7. The quantitative estimate of drug-likeness (QED) is 0.0906. The van der Waals surface area contributed by atoms with Gasteiger partial charge in [0.05, 0.1) is 18.9 Å². The lowest BCUT2D eigenvalue weighted by atomic mass is 10.1. The van der Waals surface area contributed by atoms with Crippen molar-refractivity contribution in [1.29, 1.82) is 0 Å². The summed E-state index contributed by atoms with van der Waals surface area (Å²) in [6.45, 7) is 0. The monoisotopic (exact) mass is 502 g/mol. The van der Waals surface area contributed by atoms with Crippen LogP contribution in [0.2, 0.25) is 0 Å². The standard InChI is InChI=1S/C18H30N8O9/c19-7(1-3-11(20)27)15(31)25-9(5-13(22)29)17(33)24-8(2-4-12(21)28)16(32)26-10(18(34)35)6-14(23)30/h7-10H,1-6,19H2,(H2,20,27)(H2,21,28)(H2,22,29)(H2,23,30)(H,24,33)(H,25,31)(H,26,32)(H,34,35). The molecule has 14 N–H and O–H groups in total. The van der Waals surface area contributed by atoms with E-state index in [9.17, 15) is 38.4 Å². The number of carboxylic acids is 1. The van der Waals surface area contributed by atoms with E-state index in [2.05, 4.69) is 10.6 Å². The summed E-state index contributed by atoms with van der Waals surface area (Å²) in [5, 5.41) is 15.5. The number of carbonyl (C=O) groups is 8. The van der Waals surface area contributed by atoms with Crippen molar-refractivity contribution in [2.24, 2.45) is 28.7 Å². The highest BCUT2D eigenvalue weighted by Gasteiger charge is 2.31. The molecule has 0 aliphatic heterocycles. The Kier molecular flexibility index (Phi) is 13.0. The van der Waals surface area contributed by atoms with E-state index < -0.39 is 97.2 Å². The first kappa shape index (κ1) is 30.7. The van der Waals surface area contributed by atoms with E-state index in [0.29, 0.717) is 0 Å². The summed E-state index contributed by atoms with van der Waals surface area (Å²) in [5.74, 6) is -8.38. The average Bonchev–Trinajstić information content (AvgIpc) is 2.72. The van der Waals surface area contributed by atoms with Crippen molar-refractivity contribution in [1.82, 2.24) is 16.0 Å². The largest absolute Gasteiger partial charge is 0.480 e. The number of hydrogen-bond donors (Lipinski definition) is 9. The minimum absolute atomic E-state index is 0.161. The van der Waals surface area contributed by atoms with E-state index in [1.807, 2.05) is 5.32 Å². The maximum Gasteiger partial charge on any atom is 0.326 e. The van der Waals surface area contributed by atoms with Crippen LogP contribution in [-0.4, -0.2) is 76.6 Å². The van der Waals surface area contributed by atoms with Gasteiger partial charge in [-0.1, -0.05) is 0 Å². The molecule has 196 valence electrons. The number of nitrogens with two attached hydrogens (primary N) is 5. The summed E-state index contributed by atoms with van der Waals surface area (Å²) >= 11 is 0. The number of rotatable bonds is 17. The number of carboxylic acid groups (broad SMARTS) is 1. The fraction of sp³-hybridized carbons (Fsp3) is 0.556. The molecule has 17 heteroatoms. The van der Waals surface area contributed by atoms with Gasteiger partial charge in [0.25, 0.3) is 0 Å². The molecule has 0 heterocycles. The van der Waals surface area contributed by atoms with Gasteiger partial charge in [0, 0.05) is 12.8 Å². The van der Waals surface area contributed by atoms with Crippen LogP contribution in [0.5, 0.6) is 0 Å². The van der Waals surface area contributed by atoms with Crippen molar-refractivity contribution in [3.8, 4) is 0 Å². The van der Waals surface area contributed by atoms with Gasteiger partial charge >= 0.3 is 5.97 Å². The molecule has 0 aromatic rings. The molecule has 0 radical (unpaired) electrons. The predicted octanol–water partition coefficient (Wildman–Crippen LogP) is -5.87. The lowest BCUT2D eigenvalue weighted by Gasteiger charge is -2.24. The molecule has 4 unspecified atom stereocenters. The van der Waals surface area contributed by atoms with Gasteiger partial charge in [-0.2, -0.15) is 0 Å². The maximum atomic E-state index is 12.7. The van der Waals surface area contributed by atoms with Crippen molar-refractivity contribution in [2.45, 2.75) is 62.7 Å². The smallest absolute Gasteiger partial charge is 0.326 e. The van der Waals surface area contributed by atoms with Crippen LogP contribution in [0.1, 0.15) is 38.5 Å². The molecule has 0 saturated heterocycles. The first-order valence-electron chi connectivity index (χ1n) is 10.2. The Morgan fingerprint density at radius 1 is 0.571 bits per heavy atom. The second-order valence-electron chi connectivity index (χ2n) is 7.48. The minimum atomic E-state index is -1.74. The Morgan fingerprint density at radius 3 is 1.43 bits per heavy atom. The van der Waals surface area contributed by atoms with Crippen LogP contribution in [0.3, 0.4) is 0 Å². The summed E-state index contributed by atoms with van der Waals surface area (Å²) in [6.07, 6.45) is -2.69. The zero-order chi connectivity index (χ0) is 27.3. The lowest BCUT2D eigenvalue weighted by Crippen LogP contribution is -2.58. The van der Waals surface area contributed by atoms with E-state index >= 15 is 0 Å². The topological polar surface area (TPSA) is 323 Å². The molecule has 0 spiro atoms. The fourth-order valence-electron chi connectivity index (χ4n) is 2.62. The number of hydrogen-bond acceptors (Lipinski definition) is 9. The van der Waals surface area contributed by atoms with Crippen LogP contribution in [0.15, 0.2) is 0 Å². The van der Waals surface area contributed by atoms with E-state index in [4.69, 9.17) is 33.8 Å². The summed E-state index contributed by atoms with van der Waals surface area (Å²) in [6, 6.07) is -6.20. The number of nitrogens with one attached hydrogen (secondary N) is 3. The van der Waals surface area contributed by atoms with Crippen molar-refractivity contribution < 1.29 is 43.5 Å². The Labute approximate surface area is 198 Å². The number of primary amides is 4. The van der Waals surface area contributed by atoms with Crippen LogP contribution >= 0.6 is 0 Å². The molecule has 0 fully saturated rings. The van der Waals surface area contributed by atoms with Crippen molar-refractivity contribution in [2.75, 3.05) is 0 Å². The zero-order valence-electron chi connectivity index (χ0n) is 18.7. The van der Waals surface area contributed by atoms with Gasteiger partial charge in [-0.3, -0.25) is 33.6 Å². The third-order valence-electron chi connectivity index (χ3n) is 4.41. The molecule has 35 heavy (non-hydrogen) atoms. The van der Waals surface area contributed by atoms with E-state index in [0.717, 1.165) is 0 Å². The van der Waals surface area contributed by atoms with Gasteiger partial charge in [-0.15, -0.1) is 0 Å². The first-order valence-corrected chi connectivity index (χ1v) is 10.2. The second kappa shape index (κ2) is 14.8. The highest BCUT2D eigenvalue weighted by molar-refractivity contribution is 5.96. The highest BCUT2D eigenvalue weighted by Crippen LogP contribution is 2.04. The van der Waals surface area contributed by atoms with Crippen LogP contribution in [0, 0.1) is 0 Å². The van der Waals surface area contributed by atoms with Gasteiger partial charge in [0.2, 0.25) is 41.4 Å². The SMILES string of the molecule is NC(=O)CCC(N)C(=O)NC(CC(N)=O)C(=O)NC(CCC(N)=O)C(=O)NC(CC(N)=O)C(=O)O. The van der Waals surface area contributed by atoms with Crippen molar-refractivity contribution in [3.05, 3.63) is 0 Å². The molecule has 0 aromatic carbocycles. The summed E-state index contributed by atoms with van der Waals surface area (Å²) in [7, 11) is 0. The second-order valence-corrected chi connectivity index (χ2v) is 7.48. The molecule has 17 nitrogen and oxygen atoms in total. The summed E-state index contributed by atoms with van der Waals surface area (Å²) in [5.41, 5.74) is 25.7. The van der Waals surface area contributed by atoms with Crippen molar-refractivity contribution in [3.63, 3.8) is 0 Å². The Morgan fingerprint density at radius 2 is 0.971 bits per heavy atom. The van der Waals surface area contributed by atoms with Gasteiger partial charge < -0.3 is 49.7 Å². The summed E-state index contributed by atoms with van der Waals surface area (Å²) in [4.78, 5) is 93.2. The predicted molar refractivity (Wildman–Crippen MR) is 116 cm³/mol. The van der Waals surface area contributed by atoms with Gasteiger partial charge in [-0.05, 0) is 12.8 Å². The van der Waals surface area contributed by atoms with E-state index in [-0.39, 0.29) is 12.8 Å². The Balaban J connectivity index is 5.59. The Hall–Kier alpha value is -4.28. The number of aliphatic carboxylic acids is 1. The van der Waals surface area contributed by atoms with Crippen molar-refractivity contribution >= 4 is 47.3 Å². The molecule has 0 aliphatic rings. The molecular formula is C18H30N8O9. The first-order chi connectivity index (χ1) is 16.1. The normalized spacial score (nSPS) is 13.9. The molecule has 7 amide bonds. The van der Waals surface area contributed by atoms with Gasteiger partial charge in [-0.25, -0.2) is 4.79 Å². The highest BCUT2D eigenvalue weighted by atomic mass is 16.4. The third kappa shape index (κ3) is 13.1. The Bertz CT molecular complexity index is 863. The van der Waals surface area contributed by atoms with E-state index in [1.54, 1.807) is 0 Å². The fourth-order valence-corrected chi connectivity index (χ4v) is 2.62. The minimum Gasteiger partial charge on any atom is -0.480 e. The van der Waals surface area contributed by atoms with Gasteiger partial charge in [0.1, 0.15) is 18.1 Å². The molecule has 0 bridgehead atoms. The lowest BCUT2D eigenvalue weighted by molar-refractivity contribution is -0.144. The summed E-state index contributed by atoms with van der Waals surface area (Å²) < 4.78 is 0. The number of amides is 7. The zero-order valence-corrected chi connectivity index (χ0v) is 18.7. The molecule has 0 saturated carbocycles. The van der Waals surface area contributed by atoms with Crippen LogP contribution < -0.4 is 44.6 Å². The van der Waals surface area contributed by atoms with Crippen LogP contribution in [0.25, 0.3) is 0 Å². The average molecular weight is 502 g/mol. The maximum absolute atomic E-state index is 12.7. The van der Waals surface area contributed by atoms with Gasteiger partial charge in [0.15, 0.2) is 0 Å². The molecular weight excluding hydrogens is 472 g/mol. The van der Waals surface area contributed by atoms with Crippen LogP contribution in [0.4, 0.5) is 0 Å². The molecule has 0 aliphatic carbocycles. The van der Waals surface area contributed by atoms with Crippen LogP contribution in [-0.2, 0) is 38.4 Å².